The third-order valence-corrected chi connectivity index (χ3v) is 8.88. The Balaban J connectivity index is 1.71. The molecule has 0 radical (unpaired) electrons. The summed E-state index contributed by atoms with van der Waals surface area (Å²) in [4.78, 5) is -0.249. The van der Waals surface area contributed by atoms with Gasteiger partial charge in [-0.05, 0) is 70.1 Å². The van der Waals surface area contributed by atoms with Crippen LogP contribution in [0.15, 0.2) is 91.5 Å². The largest absolute Gasteiger partial charge is 0.253 e. The van der Waals surface area contributed by atoms with Crippen LogP contribution in [0.4, 0.5) is 0 Å². The highest BCUT2D eigenvalue weighted by Crippen LogP contribution is 2.25. The second-order valence-electron chi connectivity index (χ2n) is 6.40. The SMILES string of the molecule is O=S(=O)(NS(=O)(=O)c1ccc2cc(Br)ccc2c1)c1ccc2cc(Br)ccc2c1. The Bertz CT molecular complexity index is 1370. The molecule has 0 bridgehead atoms. The summed E-state index contributed by atoms with van der Waals surface area (Å²) in [7, 11) is -8.57. The molecule has 148 valence electrons. The summed E-state index contributed by atoms with van der Waals surface area (Å²) in [5, 5.41) is 3.04. The van der Waals surface area contributed by atoms with Crippen LogP contribution in [0.3, 0.4) is 0 Å². The number of sulfonamides is 2. The molecule has 0 aromatic heterocycles. The van der Waals surface area contributed by atoms with Crippen LogP contribution in [0.2, 0.25) is 0 Å². The van der Waals surface area contributed by atoms with E-state index in [0.29, 0.717) is 10.8 Å². The van der Waals surface area contributed by atoms with E-state index in [2.05, 4.69) is 31.9 Å². The van der Waals surface area contributed by atoms with Crippen LogP contribution < -0.4 is 4.13 Å². The highest BCUT2D eigenvalue weighted by molar-refractivity contribution is 9.10. The molecule has 4 aromatic rings. The van der Waals surface area contributed by atoms with E-state index in [0.717, 1.165) is 19.7 Å². The number of nitrogens with one attached hydrogen (secondary N) is 1. The van der Waals surface area contributed by atoms with E-state index in [9.17, 15) is 16.8 Å². The fourth-order valence-corrected chi connectivity index (χ4v) is 6.71. The lowest BCUT2D eigenvalue weighted by atomic mass is 10.1. The molecule has 0 aliphatic heterocycles. The van der Waals surface area contributed by atoms with Gasteiger partial charge in [-0.15, -0.1) is 4.13 Å². The molecule has 0 atom stereocenters. The van der Waals surface area contributed by atoms with Gasteiger partial charge in [0.25, 0.3) is 20.0 Å². The first kappa shape index (κ1) is 20.5. The van der Waals surface area contributed by atoms with E-state index in [1.807, 2.05) is 16.3 Å². The fraction of sp³-hybridized carbons (Fsp3) is 0. The van der Waals surface area contributed by atoms with Crippen molar-refractivity contribution in [2.45, 2.75) is 9.79 Å². The first-order valence-electron chi connectivity index (χ1n) is 8.31. The second-order valence-corrected chi connectivity index (χ2v) is 11.9. The van der Waals surface area contributed by atoms with Gasteiger partial charge in [-0.1, -0.05) is 56.1 Å². The Hall–Kier alpha value is -1.78. The molecule has 9 heteroatoms. The Morgan fingerprint density at radius 1 is 0.517 bits per heavy atom. The first-order chi connectivity index (χ1) is 13.6. The summed E-state index contributed by atoms with van der Waals surface area (Å²) >= 11 is 6.73. The van der Waals surface area contributed by atoms with Crippen molar-refractivity contribution >= 4 is 73.5 Å². The minimum Gasteiger partial charge on any atom is -0.206 e. The van der Waals surface area contributed by atoms with Crippen LogP contribution in [0.5, 0.6) is 0 Å². The van der Waals surface area contributed by atoms with Crippen molar-refractivity contribution in [1.82, 2.24) is 4.13 Å². The molecule has 1 N–H and O–H groups in total. The molecule has 0 heterocycles. The predicted molar refractivity (Wildman–Crippen MR) is 121 cm³/mol. The lowest BCUT2D eigenvalue weighted by Gasteiger charge is -2.10. The van der Waals surface area contributed by atoms with Gasteiger partial charge in [0.15, 0.2) is 0 Å². The summed E-state index contributed by atoms with van der Waals surface area (Å²) in [5.74, 6) is 0. The van der Waals surface area contributed by atoms with Crippen molar-refractivity contribution in [3.8, 4) is 0 Å². The molecule has 0 aliphatic rings. The van der Waals surface area contributed by atoms with Gasteiger partial charge in [-0.2, -0.15) is 0 Å². The smallest absolute Gasteiger partial charge is 0.206 e. The van der Waals surface area contributed by atoms with Crippen LogP contribution in [0.1, 0.15) is 0 Å². The molecule has 0 saturated heterocycles. The topological polar surface area (TPSA) is 80.3 Å². The van der Waals surface area contributed by atoms with Crippen LogP contribution in [0, 0.1) is 0 Å². The summed E-state index contributed by atoms with van der Waals surface area (Å²) < 4.78 is 54.5. The average molecular weight is 555 g/mol. The third kappa shape index (κ3) is 4.24. The molecule has 0 aliphatic carbocycles. The molecule has 4 rings (SSSR count). The van der Waals surface area contributed by atoms with Crippen molar-refractivity contribution in [3.63, 3.8) is 0 Å². The molecular weight excluding hydrogens is 542 g/mol. The molecule has 4 aromatic carbocycles. The van der Waals surface area contributed by atoms with Crippen molar-refractivity contribution in [3.05, 3.63) is 81.7 Å². The molecule has 0 amide bonds. The van der Waals surface area contributed by atoms with E-state index < -0.39 is 20.0 Å². The highest BCUT2D eigenvalue weighted by Gasteiger charge is 2.25. The van der Waals surface area contributed by atoms with E-state index in [1.165, 1.54) is 24.3 Å². The van der Waals surface area contributed by atoms with E-state index in [1.54, 1.807) is 36.4 Å². The van der Waals surface area contributed by atoms with Gasteiger partial charge < -0.3 is 0 Å². The third-order valence-electron chi connectivity index (χ3n) is 4.39. The van der Waals surface area contributed by atoms with Crippen LogP contribution in [-0.2, 0) is 20.0 Å². The van der Waals surface area contributed by atoms with E-state index in [4.69, 9.17) is 0 Å². The van der Waals surface area contributed by atoms with Gasteiger partial charge in [-0.3, -0.25) is 0 Å². The number of rotatable bonds is 4. The molecular formula is C20H13Br2NO4S2. The van der Waals surface area contributed by atoms with Gasteiger partial charge in [0, 0.05) is 8.95 Å². The Morgan fingerprint density at radius 3 is 1.28 bits per heavy atom. The van der Waals surface area contributed by atoms with Gasteiger partial charge in [0.2, 0.25) is 0 Å². The van der Waals surface area contributed by atoms with Crippen molar-refractivity contribution < 1.29 is 16.8 Å². The standard InChI is InChI=1S/C20H13Br2NO4S2/c21-17-5-1-15-11-19(7-3-13(15)9-17)28(24,25)23-29(26,27)20-8-4-14-10-18(22)6-2-16(14)12-20/h1-12,23H. The zero-order valence-corrected chi connectivity index (χ0v) is 19.4. The van der Waals surface area contributed by atoms with Crippen molar-refractivity contribution in [2.75, 3.05) is 0 Å². The summed E-state index contributed by atoms with van der Waals surface area (Å²) in [6.45, 7) is 0. The second kappa shape index (κ2) is 7.48. The lowest BCUT2D eigenvalue weighted by Crippen LogP contribution is -2.30. The normalized spacial score (nSPS) is 12.5. The van der Waals surface area contributed by atoms with Crippen LogP contribution >= 0.6 is 31.9 Å². The monoisotopic (exact) mass is 553 g/mol. The highest BCUT2D eigenvalue weighted by atomic mass is 79.9. The van der Waals surface area contributed by atoms with E-state index >= 15 is 0 Å². The molecule has 5 nitrogen and oxygen atoms in total. The van der Waals surface area contributed by atoms with Crippen molar-refractivity contribution in [1.29, 1.82) is 0 Å². The number of hydrogen-bond acceptors (Lipinski definition) is 4. The maximum Gasteiger partial charge on any atom is 0.253 e. The minimum atomic E-state index is -4.28. The molecule has 29 heavy (non-hydrogen) atoms. The van der Waals surface area contributed by atoms with Crippen molar-refractivity contribution in [2.24, 2.45) is 0 Å². The number of hydrogen-bond donors (Lipinski definition) is 1. The summed E-state index contributed by atoms with van der Waals surface area (Å²) in [6, 6.07) is 19.7. The van der Waals surface area contributed by atoms with E-state index in [-0.39, 0.29) is 9.79 Å². The molecule has 0 unspecified atom stereocenters. The molecule has 0 saturated carbocycles. The first-order valence-corrected chi connectivity index (χ1v) is 12.9. The molecule has 0 spiro atoms. The zero-order valence-electron chi connectivity index (χ0n) is 14.6. The maximum absolute atomic E-state index is 12.7. The quantitative estimate of drug-likeness (QED) is 0.376. The minimum absolute atomic E-state index is 0.124. The zero-order chi connectivity index (χ0) is 20.8. The van der Waals surface area contributed by atoms with Gasteiger partial charge in [-0.25, -0.2) is 16.8 Å². The summed E-state index contributed by atoms with van der Waals surface area (Å²) in [5.41, 5.74) is 0. The molecule has 0 fully saturated rings. The maximum atomic E-state index is 12.7. The number of halogens is 2. The average Bonchev–Trinajstić information content (AvgIpc) is 2.66. The van der Waals surface area contributed by atoms with Gasteiger partial charge in [0.05, 0.1) is 9.79 Å². The fourth-order valence-electron chi connectivity index (χ4n) is 2.96. The lowest BCUT2D eigenvalue weighted by molar-refractivity contribution is 0.577. The Labute approximate surface area is 185 Å². The van der Waals surface area contributed by atoms with Gasteiger partial charge in [0.1, 0.15) is 0 Å². The number of benzene rings is 4. The number of fused-ring (bicyclic) bond motifs is 2. The Morgan fingerprint density at radius 2 is 0.862 bits per heavy atom. The Kier molecular flexibility index (Phi) is 5.28. The van der Waals surface area contributed by atoms with Crippen LogP contribution in [-0.4, -0.2) is 16.8 Å². The van der Waals surface area contributed by atoms with Gasteiger partial charge >= 0.3 is 0 Å². The summed E-state index contributed by atoms with van der Waals surface area (Å²) in [6.07, 6.45) is 0. The predicted octanol–water partition coefficient (Wildman–Crippen LogP) is 5.19. The van der Waals surface area contributed by atoms with Crippen LogP contribution in [0.25, 0.3) is 21.5 Å².